The zero-order valence-corrected chi connectivity index (χ0v) is 14.4. The van der Waals surface area contributed by atoms with Crippen LogP contribution in [0.25, 0.3) is 10.8 Å². The Morgan fingerprint density at radius 1 is 1.09 bits per heavy atom. The number of rotatable bonds is 3. The molecule has 1 N–H and O–H groups in total. The molecule has 0 radical (unpaired) electrons. The average Bonchev–Trinajstić information content (AvgIpc) is 2.54. The van der Waals surface area contributed by atoms with Crippen LogP contribution in [-0.2, 0) is 0 Å². The average molecular weight is 309 g/mol. The van der Waals surface area contributed by atoms with Gasteiger partial charge in [0.1, 0.15) is 0 Å². The van der Waals surface area contributed by atoms with Crippen molar-refractivity contribution in [2.24, 2.45) is 17.8 Å². The highest BCUT2D eigenvalue weighted by molar-refractivity contribution is 6.07. The van der Waals surface area contributed by atoms with E-state index in [0.717, 1.165) is 22.8 Å². The van der Waals surface area contributed by atoms with E-state index in [4.69, 9.17) is 0 Å². The Morgan fingerprint density at radius 2 is 1.83 bits per heavy atom. The van der Waals surface area contributed by atoms with Crippen molar-refractivity contribution >= 4 is 16.7 Å². The molecular formula is C21H27NO. The van der Waals surface area contributed by atoms with Crippen molar-refractivity contribution in [2.75, 3.05) is 0 Å². The second-order valence-electron chi connectivity index (χ2n) is 7.43. The van der Waals surface area contributed by atoms with Crippen LogP contribution in [0, 0.1) is 17.8 Å². The number of hydrogen-bond acceptors (Lipinski definition) is 1. The van der Waals surface area contributed by atoms with E-state index in [1.807, 2.05) is 30.3 Å². The van der Waals surface area contributed by atoms with Gasteiger partial charge in [0, 0.05) is 11.6 Å². The fraction of sp³-hybridized carbons (Fsp3) is 0.476. The van der Waals surface area contributed by atoms with Crippen LogP contribution in [0.5, 0.6) is 0 Å². The van der Waals surface area contributed by atoms with E-state index in [1.54, 1.807) is 0 Å². The molecule has 0 bridgehead atoms. The number of fused-ring (bicyclic) bond motifs is 1. The van der Waals surface area contributed by atoms with Crippen LogP contribution in [0.15, 0.2) is 42.5 Å². The monoisotopic (exact) mass is 309 g/mol. The van der Waals surface area contributed by atoms with Gasteiger partial charge >= 0.3 is 0 Å². The van der Waals surface area contributed by atoms with Gasteiger partial charge in [0.25, 0.3) is 5.91 Å². The molecule has 122 valence electrons. The summed E-state index contributed by atoms with van der Waals surface area (Å²) in [7, 11) is 0. The van der Waals surface area contributed by atoms with E-state index in [2.05, 4.69) is 38.2 Å². The van der Waals surface area contributed by atoms with Gasteiger partial charge in [-0.25, -0.2) is 0 Å². The molecule has 2 aromatic rings. The zero-order valence-electron chi connectivity index (χ0n) is 14.4. The summed E-state index contributed by atoms with van der Waals surface area (Å²) in [5.41, 5.74) is 0.795. The first-order valence-corrected chi connectivity index (χ1v) is 8.85. The van der Waals surface area contributed by atoms with Gasteiger partial charge in [0.2, 0.25) is 0 Å². The number of hydrogen-bond donors (Lipinski definition) is 1. The maximum atomic E-state index is 12.9. The summed E-state index contributed by atoms with van der Waals surface area (Å²) >= 11 is 0. The van der Waals surface area contributed by atoms with Crippen LogP contribution in [0.4, 0.5) is 0 Å². The van der Waals surface area contributed by atoms with Crippen LogP contribution in [0.2, 0.25) is 0 Å². The summed E-state index contributed by atoms with van der Waals surface area (Å²) < 4.78 is 0. The second-order valence-corrected chi connectivity index (χ2v) is 7.43. The SMILES string of the molecule is CC(C)[C@@H]1CC[C@@H](C)C[C@@H]1NC(=O)c1cccc2ccccc12. The largest absolute Gasteiger partial charge is 0.349 e. The maximum Gasteiger partial charge on any atom is 0.252 e. The number of nitrogens with one attached hydrogen (secondary N) is 1. The molecule has 0 unspecified atom stereocenters. The third-order valence-electron chi connectivity index (χ3n) is 5.37. The third kappa shape index (κ3) is 3.41. The molecule has 2 heteroatoms. The predicted octanol–water partition coefficient (Wildman–Crippen LogP) is 5.03. The minimum absolute atomic E-state index is 0.0755. The minimum atomic E-state index is 0.0755. The van der Waals surface area contributed by atoms with Gasteiger partial charge in [-0.05, 0) is 47.4 Å². The molecule has 1 aliphatic carbocycles. The molecule has 1 saturated carbocycles. The van der Waals surface area contributed by atoms with Crippen LogP contribution in [0.3, 0.4) is 0 Å². The van der Waals surface area contributed by atoms with Gasteiger partial charge in [-0.3, -0.25) is 4.79 Å². The molecule has 0 aromatic heterocycles. The Balaban J connectivity index is 1.84. The summed E-state index contributed by atoms with van der Waals surface area (Å²) in [6.45, 7) is 6.85. The molecule has 3 atom stereocenters. The van der Waals surface area contributed by atoms with Crippen molar-refractivity contribution in [2.45, 2.75) is 46.1 Å². The van der Waals surface area contributed by atoms with Crippen molar-refractivity contribution in [3.8, 4) is 0 Å². The van der Waals surface area contributed by atoms with E-state index >= 15 is 0 Å². The van der Waals surface area contributed by atoms with E-state index in [-0.39, 0.29) is 5.91 Å². The maximum absolute atomic E-state index is 12.9. The molecule has 1 fully saturated rings. The molecule has 0 heterocycles. The summed E-state index contributed by atoms with van der Waals surface area (Å²) in [6.07, 6.45) is 3.60. The van der Waals surface area contributed by atoms with Crippen LogP contribution >= 0.6 is 0 Å². The van der Waals surface area contributed by atoms with Crippen LogP contribution < -0.4 is 5.32 Å². The van der Waals surface area contributed by atoms with Crippen LogP contribution in [-0.4, -0.2) is 11.9 Å². The van der Waals surface area contributed by atoms with E-state index in [1.165, 1.54) is 12.8 Å². The molecule has 2 aromatic carbocycles. The standard InChI is InChI=1S/C21H27NO/c1-14(2)17-12-11-15(3)13-20(17)22-21(23)19-10-6-8-16-7-4-5-9-18(16)19/h4-10,14-15,17,20H,11-13H2,1-3H3,(H,22,23)/t15-,17+,20+/m1/s1. The predicted molar refractivity (Wildman–Crippen MR) is 96.5 cm³/mol. The first-order chi connectivity index (χ1) is 11.1. The molecule has 2 nitrogen and oxygen atoms in total. The highest BCUT2D eigenvalue weighted by Crippen LogP contribution is 2.33. The quantitative estimate of drug-likeness (QED) is 0.846. The molecule has 0 spiro atoms. The van der Waals surface area contributed by atoms with Crippen molar-refractivity contribution in [3.05, 3.63) is 48.0 Å². The molecule has 23 heavy (non-hydrogen) atoms. The fourth-order valence-corrected chi connectivity index (χ4v) is 4.04. The zero-order chi connectivity index (χ0) is 16.4. The number of carbonyl (C=O) groups excluding carboxylic acids is 1. The normalized spacial score (nSPS) is 24.8. The Bertz CT molecular complexity index is 686. The summed E-state index contributed by atoms with van der Waals surface area (Å²) in [5, 5.41) is 5.51. The molecule has 0 saturated heterocycles. The highest BCUT2D eigenvalue weighted by atomic mass is 16.1. The van der Waals surface area contributed by atoms with E-state index in [0.29, 0.717) is 23.8 Å². The van der Waals surface area contributed by atoms with Gasteiger partial charge in [-0.1, -0.05) is 63.6 Å². The van der Waals surface area contributed by atoms with Gasteiger partial charge in [-0.2, -0.15) is 0 Å². The van der Waals surface area contributed by atoms with Gasteiger partial charge in [-0.15, -0.1) is 0 Å². The lowest BCUT2D eigenvalue weighted by atomic mass is 9.74. The molecule has 3 rings (SSSR count). The summed E-state index contributed by atoms with van der Waals surface area (Å²) in [6, 6.07) is 14.4. The lowest BCUT2D eigenvalue weighted by Gasteiger charge is -2.37. The van der Waals surface area contributed by atoms with Crippen molar-refractivity contribution < 1.29 is 4.79 Å². The molecule has 1 aliphatic rings. The van der Waals surface area contributed by atoms with E-state index < -0.39 is 0 Å². The van der Waals surface area contributed by atoms with Crippen molar-refractivity contribution in [1.82, 2.24) is 5.32 Å². The number of benzene rings is 2. The van der Waals surface area contributed by atoms with Crippen molar-refractivity contribution in [1.29, 1.82) is 0 Å². The fourth-order valence-electron chi connectivity index (χ4n) is 4.04. The molecular weight excluding hydrogens is 282 g/mol. The highest BCUT2D eigenvalue weighted by Gasteiger charge is 2.32. The Labute approximate surface area is 139 Å². The lowest BCUT2D eigenvalue weighted by molar-refractivity contribution is 0.0869. The minimum Gasteiger partial charge on any atom is -0.349 e. The lowest BCUT2D eigenvalue weighted by Crippen LogP contribution is -2.45. The van der Waals surface area contributed by atoms with Gasteiger partial charge in [0.15, 0.2) is 0 Å². The molecule has 1 amide bonds. The smallest absolute Gasteiger partial charge is 0.252 e. The van der Waals surface area contributed by atoms with Crippen molar-refractivity contribution in [3.63, 3.8) is 0 Å². The first kappa shape index (κ1) is 16.0. The Kier molecular flexibility index (Phi) is 4.70. The second kappa shape index (κ2) is 6.74. The number of amides is 1. The third-order valence-corrected chi connectivity index (χ3v) is 5.37. The van der Waals surface area contributed by atoms with Crippen LogP contribution in [0.1, 0.15) is 50.4 Å². The topological polar surface area (TPSA) is 29.1 Å². The van der Waals surface area contributed by atoms with Gasteiger partial charge < -0.3 is 5.32 Å². The molecule has 0 aliphatic heterocycles. The van der Waals surface area contributed by atoms with Gasteiger partial charge in [0.05, 0.1) is 0 Å². The first-order valence-electron chi connectivity index (χ1n) is 8.85. The summed E-state index contributed by atoms with van der Waals surface area (Å²) in [4.78, 5) is 12.9. The summed E-state index contributed by atoms with van der Waals surface area (Å²) in [5.74, 6) is 1.97. The number of carbonyl (C=O) groups is 1. The Morgan fingerprint density at radius 3 is 2.61 bits per heavy atom. The van der Waals surface area contributed by atoms with E-state index in [9.17, 15) is 4.79 Å². The Hall–Kier alpha value is -1.83.